The van der Waals surface area contributed by atoms with Crippen molar-refractivity contribution in [2.45, 2.75) is 12.0 Å². The molecule has 8 nitrogen and oxygen atoms in total. The second-order valence-electron chi connectivity index (χ2n) is 4.52. The number of nitrogens with one attached hydrogen (secondary N) is 1. The molecule has 0 amide bonds. The molecule has 9 heteroatoms. The summed E-state index contributed by atoms with van der Waals surface area (Å²) in [4.78, 5) is 13.8. The maximum Gasteiger partial charge on any atom is 0.259 e. The van der Waals surface area contributed by atoms with Gasteiger partial charge >= 0.3 is 0 Å². The lowest BCUT2D eigenvalue weighted by atomic mass is 10.4. The summed E-state index contributed by atoms with van der Waals surface area (Å²) in [5, 5.41) is 13.4. The molecule has 1 aliphatic rings. The predicted octanol–water partition coefficient (Wildman–Crippen LogP) is 1.45. The Labute approximate surface area is 132 Å². The first-order chi connectivity index (χ1) is 10.7. The molecule has 22 heavy (non-hydrogen) atoms. The summed E-state index contributed by atoms with van der Waals surface area (Å²) < 4.78 is 16.4. The standard InChI is InChI=1S/C13H19N3O5S/c1-14-12(8-16(17)18)15-4-7-22-9-10-2-3-11(21-10)13-19-5-6-20-13/h2-3,13H,4-9H2,1H3,(H,14,15). The molecule has 0 bridgehead atoms. The van der Waals surface area contributed by atoms with Crippen molar-refractivity contribution in [3.8, 4) is 0 Å². The third-order valence-corrected chi connectivity index (χ3v) is 3.89. The van der Waals surface area contributed by atoms with Gasteiger partial charge < -0.3 is 19.2 Å². The fourth-order valence-corrected chi connectivity index (χ4v) is 2.64. The summed E-state index contributed by atoms with van der Waals surface area (Å²) in [6.45, 7) is 1.52. The summed E-state index contributed by atoms with van der Waals surface area (Å²) in [6.07, 6.45) is -0.383. The molecule has 1 aromatic heterocycles. The SMILES string of the molecule is CN=C(C[N+](=O)[O-])NCCSCc1ccc(C2OCCO2)o1. The zero-order chi connectivity index (χ0) is 15.8. The lowest BCUT2D eigenvalue weighted by Gasteiger charge is -2.06. The van der Waals surface area contributed by atoms with E-state index in [0.29, 0.717) is 31.4 Å². The summed E-state index contributed by atoms with van der Waals surface area (Å²) >= 11 is 1.67. The number of hydrogen-bond acceptors (Lipinski definition) is 7. The van der Waals surface area contributed by atoms with Crippen LogP contribution >= 0.6 is 11.8 Å². The van der Waals surface area contributed by atoms with Gasteiger partial charge in [-0.2, -0.15) is 11.8 Å². The van der Waals surface area contributed by atoms with E-state index in [0.717, 1.165) is 17.3 Å². The zero-order valence-electron chi connectivity index (χ0n) is 12.3. The highest BCUT2D eigenvalue weighted by Gasteiger charge is 2.21. The van der Waals surface area contributed by atoms with Crippen LogP contribution in [0.2, 0.25) is 0 Å². The molecular formula is C13H19N3O5S. The van der Waals surface area contributed by atoms with Gasteiger partial charge in [0, 0.05) is 24.3 Å². The van der Waals surface area contributed by atoms with E-state index in [1.165, 1.54) is 7.05 Å². The number of hydrogen-bond donors (Lipinski definition) is 1. The van der Waals surface area contributed by atoms with Crippen LogP contribution < -0.4 is 5.32 Å². The zero-order valence-corrected chi connectivity index (χ0v) is 13.1. The van der Waals surface area contributed by atoms with E-state index in [2.05, 4.69) is 10.3 Å². The van der Waals surface area contributed by atoms with E-state index in [1.807, 2.05) is 12.1 Å². The molecule has 1 saturated heterocycles. The second-order valence-corrected chi connectivity index (χ2v) is 5.62. The maximum atomic E-state index is 10.4. The van der Waals surface area contributed by atoms with Gasteiger partial charge in [0.05, 0.1) is 19.0 Å². The van der Waals surface area contributed by atoms with Crippen molar-refractivity contribution in [2.24, 2.45) is 4.99 Å². The lowest BCUT2D eigenvalue weighted by Crippen LogP contribution is -2.31. The fraction of sp³-hybridized carbons (Fsp3) is 0.615. The molecule has 0 radical (unpaired) electrons. The first-order valence-corrected chi connectivity index (χ1v) is 8.05. The normalized spacial score (nSPS) is 16.1. The van der Waals surface area contributed by atoms with Crippen LogP contribution in [0.4, 0.5) is 0 Å². The van der Waals surface area contributed by atoms with Crippen LogP contribution in [0, 0.1) is 10.1 Å². The monoisotopic (exact) mass is 329 g/mol. The minimum atomic E-state index is -0.403. The topological polar surface area (TPSA) is 99.1 Å². The van der Waals surface area contributed by atoms with Crippen molar-refractivity contribution in [1.82, 2.24) is 5.32 Å². The van der Waals surface area contributed by atoms with Crippen molar-refractivity contribution in [3.63, 3.8) is 0 Å². The summed E-state index contributed by atoms with van der Waals surface area (Å²) in [6, 6.07) is 3.77. The fourth-order valence-electron chi connectivity index (χ4n) is 1.89. The van der Waals surface area contributed by atoms with Crippen molar-refractivity contribution >= 4 is 17.6 Å². The van der Waals surface area contributed by atoms with E-state index in [-0.39, 0.29) is 12.8 Å². The van der Waals surface area contributed by atoms with E-state index in [1.54, 1.807) is 11.8 Å². The molecule has 2 heterocycles. The number of amidine groups is 1. The highest BCUT2D eigenvalue weighted by Crippen LogP contribution is 2.26. The molecule has 2 rings (SSSR count). The van der Waals surface area contributed by atoms with Gasteiger partial charge in [-0.1, -0.05) is 0 Å². The summed E-state index contributed by atoms with van der Waals surface area (Å²) in [5.74, 6) is 3.46. The predicted molar refractivity (Wildman–Crippen MR) is 82.7 cm³/mol. The number of rotatable bonds is 8. The molecule has 1 N–H and O–H groups in total. The molecule has 0 saturated carbocycles. The van der Waals surface area contributed by atoms with Gasteiger partial charge in [0.2, 0.25) is 6.29 Å². The van der Waals surface area contributed by atoms with Gasteiger partial charge in [0.25, 0.3) is 6.54 Å². The molecule has 0 unspecified atom stereocenters. The molecule has 122 valence electrons. The van der Waals surface area contributed by atoms with Crippen molar-refractivity contribution in [1.29, 1.82) is 0 Å². The van der Waals surface area contributed by atoms with E-state index < -0.39 is 4.92 Å². The molecule has 1 aliphatic heterocycles. The van der Waals surface area contributed by atoms with Gasteiger partial charge in [-0.15, -0.1) is 0 Å². The Balaban J connectivity index is 1.63. The molecule has 0 atom stereocenters. The van der Waals surface area contributed by atoms with Gasteiger partial charge in [0.15, 0.2) is 11.6 Å². The van der Waals surface area contributed by atoms with Crippen molar-refractivity contribution in [3.05, 3.63) is 33.8 Å². The van der Waals surface area contributed by atoms with Crippen molar-refractivity contribution < 1.29 is 18.8 Å². The number of furan rings is 1. The van der Waals surface area contributed by atoms with Crippen LogP contribution in [-0.4, -0.2) is 49.9 Å². The highest BCUT2D eigenvalue weighted by molar-refractivity contribution is 7.98. The van der Waals surface area contributed by atoms with Crippen LogP contribution in [0.15, 0.2) is 21.5 Å². The largest absolute Gasteiger partial charge is 0.460 e. The molecule has 1 aromatic rings. The Morgan fingerprint density at radius 3 is 2.95 bits per heavy atom. The summed E-state index contributed by atoms with van der Waals surface area (Å²) in [5.41, 5.74) is 0. The average Bonchev–Trinajstić information content (AvgIpc) is 3.16. The minimum absolute atomic E-state index is 0.274. The van der Waals surface area contributed by atoms with Crippen LogP contribution in [0.5, 0.6) is 0 Å². The number of ether oxygens (including phenoxy) is 2. The second kappa shape index (κ2) is 8.76. The number of thioether (sulfide) groups is 1. The van der Waals surface area contributed by atoms with Gasteiger partial charge in [-0.25, -0.2) is 0 Å². The van der Waals surface area contributed by atoms with Gasteiger partial charge in [-0.05, 0) is 12.1 Å². The van der Waals surface area contributed by atoms with Crippen LogP contribution in [-0.2, 0) is 15.2 Å². The van der Waals surface area contributed by atoms with E-state index >= 15 is 0 Å². The first-order valence-electron chi connectivity index (χ1n) is 6.90. The first kappa shape index (κ1) is 16.8. The molecular weight excluding hydrogens is 310 g/mol. The minimum Gasteiger partial charge on any atom is -0.460 e. The van der Waals surface area contributed by atoms with Crippen molar-refractivity contribution in [2.75, 3.05) is 39.1 Å². The third kappa shape index (κ3) is 5.32. The Morgan fingerprint density at radius 2 is 2.27 bits per heavy atom. The van der Waals surface area contributed by atoms with Crippen LogP contribution in [0.1, 0.15) is 17.8 Å². The Kier molecular flexibility index (Phi) is 6.69. The molecule has 0 aliphatic carbocycles. The number of nitro groups is 1. The third-order valence-electron chi connectivity index (χ3n) is 2.91. The van der Waals surface area contributed by atoms with Gasteiger partial charge in [-0.3, -0.25) is 15.1 Å². The smallest absolute Gasteiger partial charge is 0.259 e. The lowest BCUT2D eigenvalue weighted by molar-refractivity contribution is -0.463. The number of nitrogens with zero attached hydrogens (tertiary/aromatic N) is 2. The average molecular weight is 329 g/mol. The quantitative estimate of drug-likeness (QED) is 0.253. The Hall–Kier alpha value is -1.58. The van der Waals surface area contributed by atoms with E-state index in [4.69, 9.17) is 13.9 Å². The van der Waals surface area contributed by atoms with Crippen LogP contribution in [0.3, 0.4) is 0 Å². The molecule has 1 fully saturated rings. The maximum absolute atomic E-state index is 10.4. The van der Waals surface area contributed by atoms with E-state index in [9.17, 15) is 10.1 Å². The number of aliphatic imine (C=N–C) groups is 1. The summed E-state index contributed by atoms with van der Waals surface area (Å²) in [7, 11) is 1.54. The Bertz CT molecular complexity index is 514. The molecule has 0 spiro atoms. The van der Waals surface area contributed by atoms with Crippen LogP contribution in [0.25, 0.3) is 0 Å². The molecule has 0 aromatic carbocycles. The highest BCUT2D eigenvalue weighted by atomic mass is 32.2. The van der Waals surface area contributed by atoms with Gasteiger partial charge in [0.1, 0.15) is 5.76 Å². The Morgan fingerprint density at radius 1 is 1.50 bits per heavy atom.